The molecule has 0 amide bonds. The Balaban J connectivity index is 2.97. The van der Waals surface area contributed by atoms with E-state index in [9.17, 15) is 18.0 Å². The van der Waals surface area contributed by atoms with Crippen LogP contribution in [0.2, 0.25) is 0 Å². The molecule has 0 aliphatic rings. The maximum absolute atomic E-state index is 12.4. The van der Waals surface area contributed by atoms with Crippen molar-refractivity contribution in [1.29, 1.82) is 0 Å². The summed E-state index contributed by atoms with van der Waals surface area (Å²) in [6, 6.07) is 3.23. The molecule has 96 valence electrons. The fourth-order valence-electron chi connectivity index (χ4n) is 1.35. The lowest BCUT2D eigenvalue weighted by Gasteiger charge is -2.10. The first kappa shape index (κ1) is 14.3. The zero-order valence-corrected chi connectivity index (χ0v) is 9.76. The van der Waals surface area contributed by atoms with Crippen LogP contribution in [0.3, 0.4) is 0 Å². The number of carbonyl (C=O) groups is 1. The molecule has 1 rings (SSSR count). The topological polar surface area (TPSA) is 49.7 Å². The van der Waals surface area contributed by atoms with Gasteiger partial charge in [0, 0.05) is 6.42 Å². The van der Waals surface area contributed by atoms with Crippen LogP contribution in [0, 0.1) is 0 Å². The zero-order valence-electron chi connectivity index (χ0n) is 8.94. The summed E-state index contributed by atoms with van der Waals surface area (Å²) < 4.78 is 37.3. The normalized spacial score (nSPS) is 12.6. The van der Waals surface area contributed by atoms with Crippen LogP contribution in [0.1, 0.15) is 11.1 Å². The number of nitrogens with zero attached hydrogens (tertiary/aromatic N) is 1. The highest BCUT2D eigenvalue weighted by molar-refractivity contribution is 7.78. The average Bonchev–Trinajstić information content (AvgIpc) is 2.27. The maximum Gasteiger partial charge on any atom is 0.416 e. The monoisotopic (exact) mass is 275 g/mol. The molecular weight excluding hydrogens is 267 g/mol. The molecule has 1 N–H and O–H groups in total. The number of rotatable bonds is 4. The zero-order chi connectivity index (χ0) is 13.8. The van der Waals surface area contributed by atoms with Crippen molar-refractivity contribution in [3.05, 3.63) is 35.4 Å². The Hall–Kier alpha value is -1.72. The summed E-state index contributed by atoms with van der Waals surface area (Å²) in [6.45, 7) is 0. The third-order valence-electron chi connectivity index (χ3n) is 2.18. The van der Waals surface area contributed by atoms with Crippen molar-refractivity contribution in [3.63, 3.8) is 0 Å². The molecule has 0 saturated carbocycles. The second-order valence-electron chi connectivity index (χ2n) is 3.48. The maximum atomic E-state index is 12.4. The van der Waals surface area contributed by atoms with Gasteiger partial charge in [0.25, 0.3) is 0 Å². The second kappa shape index (κ2) is 5.75. The van der Waals surface area contributed by atoms with Crippen molar-refractivity contribution in [2.75, 3.05) is 0 Å². The summed E-state index contributed by atoms with van der Waals surface area (Å²) in [4.78, 5) is 14.2. The molecular formula is C11H8F3NO2S. The number of carboxylic acid groups (broad SMARTS) is 1. The number of alkyl halides is 3. The molecule has 0 fully saturated rings. The van der Waals surface area contributed by atoms with Crippen LogP contribution in [0.4, 0.5) is 13.2 Å². The van der Waals surface area contributed by atoms with Crippen LogP contribution in [0.5, 0.6) is 0 Å². The second-order valence-corrected chi connectivity index (χ2v) is 3.66. The van der Waals surface area contributed by atoms with Gasteiger partial charge < -0.3 is 5.11 Å². The molecule has 1 unspecified atom stereocenters. The van der Waals surface area contributed by atoms with E-state index in [0.29, 0.717) is 0 Å². The summed E-state index contributed by atoms with van der Waals surface area (Å²) in [5, 5.41) is 10.7. The molecule has 18 heavy (non-hydrogen) atoms. The van der Waals surface area contributed by atoms with E-state index in [1.165, 1.54) is 12.1 Å². The number of benzene rings is 1. The summed E-state index contributed by atoms with van der Waals surface area (Å²) in [5.41, 5.74) is -0.596. The molecule has 0 saturated heterocycles. The Bertz CT molecular complexity index is 493. The Morgan fingerprint density at radius 3 is 2.67 bits per heavy atom. The number of thiocarbonyl (C=S) groups is 1. The van der Waals surface area contributed by atoms with Gasteiger partial charge in [-0.05, 0) is 23.8 Å². The van der Waals surface area contributed by atoms with Gasteiger partial charge in [0.2, 0.25) is 0 Å². The lowest BCUT2D eigenvalue weighted by atomic mass is 10.0. The molecule has 0 spiro atoms. The van der Waals surface area contributed by atoms with E-state index in [0.717, 1.165) is 12.1 Å². The van der Waals surface area contributed by atoms with Gasteiger partial charge in [-0.25, -0.2) is 9.79 Å². The third-order valence-corrected chi connectivity index (χ3v) is 2.28. The Kier molecular flexibility index (Phi) is 4.58. The van der Waals surface area contributed by atoms with Crippen LogP contribution in [-0.4, -0.2) is 22.3 Å². The van der Waals surface area contributed by atoms with Gasteiger partial charge in [0.05, 0.1) is 10.7 Å². The van der Waals surface area contributed by atoms with Gasteiger partial charge in [0.1, 0.15) is 0 Å². The minimum Gasteiger partial charge on any atom is -0.480 e. The van der Waals surface area contributed by atoms with Gasteiger partial charge in [-0.1, -0.05) is 18.2 Å². The molecule has 1 aromatic rings. The third kappa shape index (κ3) is 3.94. The SMILES string of the molecule is O=C(O)C(Cc1cccc(C(F)(F)F)c1)N=C=S. The predicted octanol–water partition coefficient (Wildman–Crippen LogP) is 2.80. The Morgan fingerprint density at radius 1 is 1.50 bits per heavy atom. The van der Waals surface area contributed by atoms with Gasteiger partial charge in [-0.2, -0.15) is 13.2 Å². The van der Waals surface area contributed by atoms with Gasteiger partial charge in [-0.15, -0.1) is 0 Å². The highest BCUT2D eigenvalue weighted by Crippen LogP contribution is 2.29. The largest absolute Gasteiger partial charge is 0.480 e. The fraction of sp³-hybridized carbons (Fsp3) is 0.273. The highest BCUT2D eigenvalue weighted by Gasteiger charge is 2.30. The van der Waals surface area contributed by atoms with E-state index in [1.807, 2.05) is 5.16 Å². The summed E-state index contributed by atoms with van der Waals surface area (Å²) in [7, 11) is 0. The Labute approximate surface area is 106 Å². The molecule has 0 aliphatic heterocycles. The summed E-state index contributed by atoms with van der Waals surface area (Å²) >= 11 is 4.29. The lowest BCUT2D eigenvalue weighted by molar-refractivity contribution is -0.138. The number of isothiocyanates is 1. The Morgan fingerprint density at radius 2 is 2.17 bits per heavy atom. The van der Waals surface area contributed by atoms with E-state index in [-0.39, 0.29) is 12.0 Å². The quantitative estimate of drug-likeness (QED) is 0.679. The molecule has 1 aromatic carbocycles. The molecule has 0 heterocycles. The first-order valence-corrected chi connectivity index (χ1v) is 5.21. The summed E-state index contributed by atoms with van der Waals surface area (Å²) in [6.07, 6.45) is -4.62. The fourth-order valence-corrected chi connectivity index (χ4v) is 1.48. The van der Waals surface area contributed by atoms with Gasteiger partial charge in [-0.3, -0.25) is 0 Å². The average molecular weight is 275 g/mol. The van der Waals surface area contributed by atoms with E-state index >= 15 is 0 Å². The lowest BCUT2D eigenvalue weighted by Crippen LogP contribution is -2.20. The van der Waals surface area contributed by atoms with Crippen molar-refractivity contribution >= 4 is 23.3 Å². The number of hydrogen-bond donors (Lipinski definition) is 1. The molecule has 7 heteroatoms. The number of carboxylic acids is 1. The number of halogens is 3. The molecule has 0 radical (unpaired) electrons. The first-order chi connectivity index (χ1) is 8.34. The highest BCUT2D eigenvalue weighted by atomic mass is 32.1. The molecule has 0 aliphatic carbocycles. The van der Waals surface area contributed by atoms with Crippen molar-refractivity contribution in [1.82, 2.24) is 0 Å². The molecule has 3 nitrogen and oxygen atoms in total. The van der Waals surface area contributed by atoms with Gasteiger partial charge >= 0.3 is 12.1 Å². The number of aliphatic imine (C=N–C) groups is 1. The molecule has 0 bridgehead atoms. The van der Waals surface area contributed by atoms with Crippen molar-refractivity contribution < 1.29 is 23.1 Å². The standard InChI is InChI=1S/C11H8F3NO2S/c12-11(13,14)8-3-1-2-7(4-8)5-9(10(16)17)15-6-18/h1-4,9H,5H2,(H,16,17). The number of aliphatic carboxylic acids is 1. The van der Waals surface area contributed by atoms with Crippen LogP contribution in [-0.2, 0) is 17.4 Å². The van der Waals surface area contributed by atoms with Crippen LogP contribution < -0.4 is 0 Å². The minimum absolute atomic E-state index is 0.164. The molecule has 1 atom stereocenters. The summed E-state index contributed by atoms with van der Waals surface area (Å²) in [5.74, 6) is -1.26. The van der Waals surface area contributed by atoms with Crippen molar-refractivity contribution in [2.45, 2.75) is 18.6 Å². The van der Waals surface area contributed by atoms with E-state index in [2.05, 4.69) is 17.2 Å². The first-order valence-electron chi connectivity index (χ1n) is 4.80. The van der Waals surface area contributed by atoms with E-state index in [1.54, 1.807) is 0 Å². The van der Waals surface area contributed by atoms with Crippen molar-refractivity contribution in [3.8, 4) is 0 Å². The number of hydrogen-bond acceptors (Lipinski definition) is 3. The predicted molar refractivity (Wildman–Crippen MR) is 61.6 cm³/mol. The molecule has 0 aromatic heterocycles. The van der Waals surface area contributed by atoms with Crippen molar-refractivity contribution in [2.24, 2.45) is 4.99 Å². The van der Waals surface area contributed by atoms with E-state index in [4.69, 9.17) is 5.11 Å². The van der Waals surface area contributed by atoms with Crippen LogP contribution in [0.15, 0.2) is 29.3 Å². The minimum atomic E-state index is -4.46. The van der Waals surface area contributed by atoms with E-state index < -0.39 is 23.8 Å². The van der Waals surface area contributed by atoms with Gasteiger partial charge in [0.15, 0.2) is 6.04 Å². The van der Waals surface area contributed by atoms with Crippen LogP contribution in [0.25, 0.3) is 0 Å². The smallest absolute Gasteiger partial charge is 0.416 e. The van der Waals surface area contributed by atoms with Crippen LogP contribution >= 0.6 is 12.2 Å².